The van der Waals surface area contributed by atoms with Crippen LogP contribution in [-0.4, -0.2) is 58.5 Å². The Morgan fingerprint density at radius 1 is 1.21 bits per heavy atom. The average Bonchev–Trinajstić information content (AvgIpc) is 3.26. The van der Waals surface area contributed by atoms with Crippen molar-refractivity contribution in [3.8, 4) is 5.88 Å². The van der Waals surface area contributed by atoms with E-state index >= 15 is 0 Å². The number of nitrogens with zero attached hydrogens (tertiary/aromatic N) is 3. The van der Waals surface area contributed by atoms with Crippen LogP contribution in [0, 0.1) is 0 Å². The molecule has 33 heavy (non-hydrogen) atoms. The number of ether oxygens (including phenoxy) is 1. The van der Waals surface area contributed by atoms with Gasteiger partial charge in [0, 0.05) is 49.6 Å². The van der Waals surface area contributed by atoms with Gasteiger partial charge in [-0.2, -0.15) is 13.2 Å². The molecule has 2 aliphatic rings. The zero-order valence-corrected chi connectivity index (χ0v) is 17.8. The molecule has 0 aliphatic carbocycles. The van der Waals surface area contributed by atoms with Crippen molar-refractivity contribution < 1.29 is 32.9 Å². The highest BCUT2D eigenvalue weighted by Gasteiger charge is 2.31. The molecule has 2 N–H and O–H groups in total. The van der Waals surface area contributed by atoms with Crippen molar-refractivity contribution in [1.29, 1.82) is 0 Å². The van der Waals surface area contributed by atoms with Crippen LogP contribution in [0.5, 0.6) is 5.88 Å². The zero-order valence-electron chi connectivity index (χ0n) is 17.8. The summed E-state index contributed by atoms with van der Waals surface area (Å²) in [7, 11) is 0. The van der Waals surface area contributed by atoms with Crippen molar-refractivity contribution in [2.45, 2.75) is 31.7 Å². The summed E-state index contributed by atoms with van der Waals surface area (Å²) in [5, 5.41) is 19.0. The maximum absolute atomic E-state index is 12.7. The second kappa shape index (κ2) is 9.30. The van der Waals surface area contributed by atoms with E-state index in [2.05, 4.69) is 9.88 Å². The quantitative estimate of drug-likeness (QED) is 0.697. The van der Waals surface area contributed by atoms with Crippen molar-refractivity contribution in [3.05, 3.63) is 59.3 Å². The number of halogens is 3. The fraction of sp³-hybridized carbons (Fsp3) is 0.391. The molecule has 1 saturated heterocycles. The Morgan fingerprint density at radius 3 is 2.64 bits per heavy atom. The summed E-state index contributed by atoms with van der Waals surface area (Å²) in [5.74, 6) is 0.146. The van der Waals surface area contributed by atoms with E-state index in [0.717, 1.165) is 34.7 Å². The maximum Gasteiger partial charge on any atom is 0.417 e. The lowest BCUT2D eigenvalue weighted by molar-refractivity contribution is -0.137. The van der Waals surface area contributed by atoms with Crippen LogP contribution in [0.3, 0.4) is 0 Å². The lowest BCUT2D eigenvalue weighted by atomic mass is 9.97. The Hall–Kier alpha value is -3.27. The Kier molecular flexibility index (Phi) is 6.46. The number of anilines is 1. The largest absolute Gasteiger partial charge is 0.472 e. The minimum absolute atomic E-state index is 0.146. The highest BCUT2D eigenvalue weighted by Crippen LogP contribution is 2.32. The number of aliphatic hydroxyl groups excluding tert-OH is 1. The highest BCUT2D eigenvalue weighted by molar-refractivity contribution is 5.73. The van der Waals surface area contributed by atoms with Gasteiger partial charge < -0.3 is 24.7 Å². The van der Waals surface area contributed by atoms with E-state index in [9.17, 15) is 23.1 Å². The topological polar surface area (TPSA) is 86.1 Å². The fourth-order valence-electron chi connectivity index (χ4n) is 4.16. The number of hydrogen-bond acceptors (Lipinski definition) is 5. The summed E-state index contributed by atoms with van der Waals surface area (Å²) in [6, 6.07) is 7.99. The van der Waals surface area contributed by atoms with Gasteiger partial charge in [-0.25, -0.2) is 9.78 Å². The number of benzene rings is 1. The number of alkyl halides is 3. The van der Waals surface area contributed by atoms with Crippen molar-refractivity contribution in [3.63, 3.8) is 0 Å². The van der Waals surface area contributed by atoms with Crippen molar-refractivity contribution in [2.24, 2.45) is 0 Å². The Morgan fingerprint density at radius 2 is 2.03 bits per heavy atom. The molecule has 0 spiro atoms. The van der Waals surface area contributed by atoms with Gasteiger partial charge in [-0.1, -0.05) is 12.1 Å². The van der Waals surface area contributed by atoms with Gasteiger partial charge in [-0.15, -0.1) is 0 Å². The number of carboxylic acid groups (broad SMARTS) is 1. The molecule has 1 amide bonds. The molecule has 1 atom stereocenters. The van der Waals surface area contributed by atoms with Crippen LogP contribution in [0.15, 0.2) is 42.6 Å². The van der Waals surface area contributed by atoms with Crippen LogP contribution in [-0.2, 0) is 12.8 Å². The number of carbonyl (C=O) groups is 1. The van der Waals surface area contributed by atoms with E-state index in [-0.39, 0.29) is 18.6 Å². The monoisotopic (exact) mass is 463 g/mol. The molecule has 2 aromatic rings. The molecule has 0 saturated carbocycles. The summed E-state index contributed by atoms with van der Waals surface area (Å²) in [6.07, 6.45) is -1.67. The summed E-state index contributed by atoms with van der Waals surface area (Å²) in [6.45, 7) is 1.81. The normalized spacial score (nSPS) is 18.9. The van der Waals surface area contributed by atoms with E-state index in [0.29, 0.717) is 39.0 Å². The summed E-state index contributed by atoms with van der Waals surface area (Å²) >= 11 is 0. The standard InChI is InChI=1S/C23H24F3N3O4/c24-23(25,26)18-2-4-21(27-12-18)33-19-7-10-29(13-19)20-3-1-16(11-17(20)14-30)15-5-8-28(9-6-15)22(31)32/h1-5,11-12,19,30H,6-10,13-14H2,(H,31,32)/t19-/m0/s1. The lowest BCUT2D eigenvalue weighted by Crippen LogP contribution is -2.33. The number of pyridine rings is 1. The minimum atomic E-state index is -4.44. The molecule has 0 bridgehead atoms. The van der Waals surface area contributed by atoms with Gasteiger partial charge in [0.25, 0.3) is 0 Å². The van der Waals surface area contributed by atoms with Gasteiger partial charge in [0.1, 0.15) is 6.10 Å². The van der Waals surface area contributed by atoms with Crippen LogP contribution in [0.25, 0.3) is 5.57 Å². The first kappa shape index (κ1) is 22.9. The SMILES string of the molecule is O=C(O)N1CC=C(c2ccc(N3CC[C@H](Oc4ccc(C(F)(F)F)cn4)C3)c(CO)c2)CC1. The summed E-state index contributed by atoms with van der Waals surface area (Å²) in [4.78, 5) is 18.3. The van der Waals surface area contributed by atoms with Gasteiger partial charge in [0.15, 0.2) is 0 Å². The van der Waals surface area contributed by atoms with Gasteiger partial charge in [-0.05, 0) is 35.8 Å². The number of rotatable bonds is 5. The third-order valence-corrected chi connectivity index (χ3v) is 5.94. The molecule has 7 nitrogen and oxygen atoms in total. The summed E-state index contributed by atoms with van der Waals surface area (Å²) < 4.78 is 43.9. The van der Waals surface area contributed by atoms with Gasteiger partial charge in [0.05, 0.1) is 18.7 Å². The molecule has 0 radical (unpaired) electrons. The number of aliphatic hydroxyl groups is 1. The first-order chi connectivity index (χ1) is 15.7. The molecular weight excluding hydrogens is 439 g/mol. The second-order valence-electron chi connectivity index (χ2n) is 8.07. The highest BCUT2D eigenvalue weighted by atomic mass is 19.4. The molecule has 176 valence electrons. The van der Waals surface area contributed by atoms with Crippen LogP contribution in [0.4, 0.5) is 23.7 Å². The molecule has 1 aromatic carbocycles. The van der Waals surface area contributed by atoms with Crippen LogP contribution in [0.1, 0.15) is 29.5 Å². The lowest BCUT2D eigenvalue weighted by Gasteiger charge is -2.25. The Labute approximate surface area is 188 Å². The van der Waals surface area contributed by atoms with Gasteiger partial charge in [-0.3, -0.25) is 0 Å². The number of aromatic nitrogens is 1. The Bertz CT molecular complexity index is 1040. The molecule has 2 aliphatic heterocycles. The molecular formula is C23H24F3N3O4. The van der Waals surface area contributed by atoms with E-state index in [1.165, 1.54) is 11.0 Å². The van der Waals surface area contributed by atoms with Gasteiger partial charge in [0.2, 0.25) is 5.88 Å². The average molecular weight is 463 g/mol. The minimum Gasteiger partial charge on any atom is -0.472 e. The second-order valence-corrected chi connectivity index (χ2v) is 8.07. The van der Waals surface area contributed by atoms with E-state index in [4.69, 9.17) is 9.84 Å². The molecule has 4 rings (SSSR count). The van der Waals surface area contributed by atoms with Gasteiger partial charge >= 0.3 is 12.3 Å². The smallest absolute Gasteiger partial charge is 0.417 e. The van der Waals surface area contributed by atoms with Crippen molar-refractivity contribution in [2.75, 3.05) is 31.1 Å². The van der Waals surface area contributed by atoms with Crippen molar-refractivity contribution >= 4 is 17.4 Å². The molecule has 1 aromatic heterocycles. The molecule has 0 unspecified atom stereocenters. The third-order valence-electron chi connectivity index (χ3n) is 5.94. The summed E-state index contributed by atoms with van der Waals surface area (Å²) in [5.41, 5.74) is 2.80. The first-order valence-corrected chi connectivity index (χ1v) is 10.6. The number of hydrogen-bond donors (Lipinski definition) is 2. The molecule has 10 heteroatoms. The fourth-order valence-corrected chi connectivity index (χ4v) is 4.16. The Balaban J connectivity index is 1.42. The van der Waals surface area contributed by atoms with Crippen LogP contribution >= 0.6 is 0 Å². The van der Waals surface area contributed by atoms with Crippen LogP contribution in [0.2, 0.25) is 0 Å². The first-order valence-electron chi connectivity index (χ1n) is 10.6. The van der Waals surface area contributed by atoms with Crippen LogP contribution < -0.4 is 9.64 Å². The predicted molar refractivity (Wildman–Crippen MR) is 115 cm³/mol. The maximum atomic E-state index is 12.7. The molecule has 1 fully saturated rings. The van der Waals surface area contributed by atoms with Crippen molar-refractivity contribution in [1.82, 2.24) is 9.88 Å². The third kappa shape index (κ3) is 5.22. The van der Waals surface area contributed by atoms with E-state index < -0.39 is 17.8 Å². The van der Waals surface area contributed by atoms with E-state index in [1.807, 2.05) is 24.3 Å². The molecule has 3 heterocycles. The predicted octanol–water partition coefficient (Wildman–Crippen LogP) is 4.02. The zero-order chi connectivity index (χ0) is 23.6. The number of amides is 1. The van der Waals surface area contributed by atoms with E-state index in [1.54, 1.807) is 0 Å².